The number of amides is 1. The molecule has 0 aliphatic heterocycles. The Kier molecular flexibility index (Phi) is 3.57. The molecule has 2 N–H and O–H groups in total. The first-order valence-electron chi connectivity index (χ1n) is 5.53. The molecule has 18 heavy (non-hydrogen) atoms. The van der Waals surface area contributed by atoms with Gasteiger partial charge < -0.3 is 15.2 Å². The van der Waals surface area contributed by atoms with E-state index in [-0.39, 0.29) is 5.91 Å². The second-order valence-electron chi connectivity index (χ2n) is 3.79. The lowest BCUT2D eigenvalue weighted by Crippen LogP contribution is -2.23. The van der Waals surface area contributed by atoms with Gasteiger partial charge in [0.2, 0.25) is 0 Å². The summed E-state index contributed by atoms with van der Waals surface area (Å²) in [6.07, 6.45) is 1.58. The number of carbonyl (C=O) groups is 1. The van der Waals surface area contributed by atoms with Crippen molar-refractivity contribution in [2.45, 2.75) is 13.5 Å². The molecule has 6 heteroatoms. The van der Waals surface area contributed by atoms with E-state index in [1.165, 1.54) is 0 Å². The van der Waals surface area contributed by atoms with E-state index in [4.69, 9.17) is 4.52 Å². The van der Waals surface area contributed by atoms with Gasteiger partial charge in [-0.3, -0.25) is 4.79 Å². The number of hydrogen-bond acceptors (Lipinski definition) is 5. The monoisotopic (exact) mass is 246 g/mol. The molecule has 94 valence electrons. The Morgan fingerprint density at radius 3 is 2.94 bits per heavy atom. The van der Waals surface area contributed by atoms with Crippen molar-refractivity contribution in [2.24, 2.45) is 0 Å². The Balaban J connectivity index is 1.99. The molecule has 0 saturated heterocycles. The maximum Gasteiger partial charge on any atom is 0.251 e. The van der Waals surface area contributed by atoms with Crippen LogP contribution in [0.25, 0.3) is 0 Å². The molecule has 2 heterocycles. The molecule has 2 rings (SSSR count). The van der Waals surface area contributed by atoms with E-state index in [0.29, 0.717) is 23.6 Å². The van der Waals surface area contributed by atoms with E-state index in [2.05, 4.69) is 20.8 Å². The molecule has 0 bridgehead atoms. The molecule has 0 aliphatic carbocycles. The molecular weight excluding hydrogens is 232 g/mol. The number of nitrogens with one attached hydrogen (secondary N) is 2. The first-order chi connectivity index (χ1) is 8.69. The SMILES string of the molecule is CNc1cc(C(=O)NCc2cc(C)on2)ccn1. The molecule has 0 radical (unpaired) electrons. The molecule has 0 saturated carbocycles. The zero-order valence-electron chi connectivity index (χ0n) is 10.2. The standard InChI is InChI=1S/C12H14N4O2/c1-8-5-10(16-18-8)7-15-12(17)9-3-4-14-11(6-9)13-2/h3-6H,7H2,1-2H3,(H,13,14)(H,15,17). The van der Waals surface area contributed by atoms with Gasteiger partial charge in [0, 0.05) is 24.9 Å². The molecule has 0 unspecified atom stereocenters. The summed E-state index contributed by atoms with van der Waals surface area (Å²) in [6.45, 7) is 2.15. The fourth-order valence-electron chi connectivity index (χ4n) is 1.48. The minimum absolute atomic E-state index is 0.172. The molecule has 0 spiro atoms. The van der Waals surface area contributed by atoms with Crippen LogP contribution in [0.1, 0.15) is 21.8 Å². The van der Waals surface area contributed by atoms with Gasteiger partial charge in [-0.15, -0.1) is 0 Å². The molecule has 6 nitrogen and oxygen atoms in total. The van der Waals surface area contributed by atoms with Crippen LogP contribution in [0, 0.1) is 6.92 Å². The van der Waals surface area contributed by atoms with Crippen molar-refractivity contribution in [3.05, 3.63) is 41.4 Å². The Labute approximate surface area is 104 Å². The minimum atomic E-state index is -0.172. The number of nitrogens with zero attached hydrogens (tertiary/aromatic N) is 2. The average molecular weight is 246 g/mol. The van der Waals surface area contributed by atoms with Crippen molar-refractivity contribution >= 4 is 11.7 Å². The van der Waals surface area contributed by atoms with Crippen molar-refractivity contribution in [1.29, 1.82) is 0 Å². The molecule has 1 amide bonds. The first kappa shape index (κ1) is 12.1. The number of carbonyl (C=O) groups excluding carboxylic acids is 1. The summed E-state index contributed by atoms with van der Waals surface area (Å²) >= 11 is 0. The summed E-state index contributed by atoms with van der Waals surface area (Å²) in [6, 6.07) is 5.12. The highest BCUT2D eigenvalue weighted by Crippen LogP contribution is 2.06. The van der Waals surface area contributed by atoms with Crippen LogP contribution >= 0.6 is 0 Å². The maximum absolute atomic E-state index is 11.9. The van der Waals surface area contributed by atoms with E-state index in [1.807, 2.05) is 0 Å². The van der Waals surface area contributed by atoms with Crippen LogP contribution in [0.5, 0.6) is 0 Å². The van der Waals surface area contributed by atoms with Gasteiger partial charge in [0.1, 0.15) is 17.3 Å². The van der Waals surface area contributed by atoms with Gasteiger partial charge in [-0.25, -0.2) is 4.98 Å². The normalized spacial score (nSPS) is 10.1. The van der Waals surface area contributed by atoms with E-state index < -0.39 is 0 Å². The molecule has 2 aromatic rings. The predicted molar refractivity (Wildman–Crippen MR) is 66.2 cm³/mol. The van der Waals surface area contributed by atoms with Gasteiger partial charge in [0.05, 0.1) is 6.54 Å². The number of pyridine rings is 1. The minimum Gasteiger partial charge on any atom is -0.373 e. The Morgan fingerprint density at radius 2 is 2.28 bits per heavy atom. The lowest BCUT2D eigenvalue weighted by Gasteiger charge is -2.04. The summed E-state index contributed by atoms with van der Waals surface area (Å²) in [5.41, 5.74) is 1.25. The quantitative estimate of drug-likeness (QED) is 0.851. The van der Waals surface area contributed by atoms with E-state index in [1.54, 1.807) is 38.4 Å². The Bertz CT molecular complexity index is 551. The van der Waals surface area contributed by atoms with Crippen LogP contribution < -0.4 is 10.6 Å². The zero-order chi connectivity index (χ0) is 13.0. The summed E-state index contributed by atoms with van der Waals surface area (Å²) in [4.78, 5) is 15.9. The molecule has 0 aliphatic rings. The highest BCUT2D eigenvalue weighted by atomic mass is 16.5. The van der Waals surface area contributed by atoms with Crippen molar-refractivity contribution in [2.75, 3.05) is 12.4 Å². The molecular formula is C12H14N4O2. The van der Waals surface area contributed by atoms with Crippen molar-refractivity contribution < 1.29 is 9.32 Å². The largest absolute Gasteiger partial charge is 0.373 e. The second kappa shape index (κ2) is 5.31. The number of hydrogen-bond donors (Lipinski definition) is 2. The average Bonchev–Trinajstić information content (AvgIpc) is 2.82. The van der Waals surface area contributed by atoms with E-state index in [9.17, 15) is 4.79 Å². The van der Waals surface area contributed by atoms with Crippen LogP contribution in [-0.4, -0.2) is 23.1 Å². The number of aryl methyl sites for hydroxylation is 1. The van der Waals surface area contributed by atoms with Crippen molar-refractivity contribution in [1.82, 2.24) is 15.5 Å². The maximum atomic E-state index is 11.9. The highest BCUT2D eigenvalue weighted by Gasteiger charge is 2.07. The third kappa shape index (κ3) is 2.85. The number of rotatable bonds is 4. The fraction of sp³-hybridized carbons (Fsp3) is 0.250. The first-order valence-corrected chi connectivity index (χ1v) is 5.53. The fourth-order valence-corrected chi connectivity index (χ4v) is 1.48. The van der Waals surface area contributed by atoms with E-state index >= 15 is 0 Å². The molecule has 0 aromatic carbocycles. The van der Waals surface area contributed by atoms with Crippen molar-refractivity contribution in [3.63, 3.8) is 0 Å². The second-order valence-corrected chi connectivity index (χ2v) is 3.79. The summed E-state index contributed by atoms with van der Waals surface area (Å²) in [5, 5.41) is 9.44. The number of aromatic nitrogens is 2. The molecule has 2 aromatic heterocycles. The van der Waals surface area contributed by atoms with Crippen molar-refractivity contribution in [3.8, 4) is 0 Å². The summed E-state index contributed by atoms with van der Waals surface area (Å²) in [7, 11) is 1.75. The van der Waals surface area contributed by atoms with Gasteiger partial charge >= 0.3 is 0 Å². The lowest BCUT2D eigenvalue weighted by atomic mass is 10.2. The smallest absolute Gasteiger partial charge is 0.251 e. The number of anilines is 1. The summed E-state index contributed by atoms with van der Waals surface area (Å²) < 4.78 is 4.92. The Morgan fingerprint density at radius 1 is 1.44 bits per heavy atom. The van der Waals surface area contributed by atoms with Gasteiger partial charge in [-0.05, 0) is 19.1 Å². The molecule has 0 fully saturated rings. The summed E-state index contributed by atoms with van der Waals surface area (Å²) in [5.74, 6) is 1.20. The predicted octanol–water partition coefficient (Wildman–Crippen LogP) is 1.35. The highest BCUT2D eigenvalue weighted by molar-refractivity contribution is 5.94. The van der Waals surface area contributed by atoms with Crippen LogP contribution in [0.3, 0.4) is 0 Å². The van der Waals surface area contributed by atoms with Gasteiger partial charge in [-0.2, -0.15) is 0 Å². The molecule has 0 atom stereocenters. The van der Waals surface area contributed by atoms with Crippen LogP contribution in [0.4, 0.5) is 5.82 Å². The van der Waals surface area contributed by atoms with E-state index in [0.717, 1.165) is 5.76 Å². The third-order valence-electron chi connectivity index (χ3n) is 2.39. The zero-order valence-corrected chi connectivity index (χ0v) is 10.2. The third-order valence-corrected chi connectivity index (χ3v) is 2.39. The van der Waals surface area contributed by atoms with Crippen LogP contribution in [-0.2, 0) is 6.54 Å². The Hall–Kier alpha value is -2.37. The van der Waals surface area contributed by atoms with Crippen LogP contribution in [0.2, 0.25) is 0 Å². The van der Waals surface area contributed by atoms with Gasteiger partial charge in [0.25, 0.3) is 5.91 Å². The van der Waals surface area contributed by atoms with Crippen LogP contribution in [0.15, 0.2) is 28.9 Å². The van der Waals surface area contributed by atoms with Gasteiger partial charge in [-0.1, -0.05) is 5.16 Å². The lowest BCUT2D eigenvalue weighted by molar-refractivity contribution is 0.0950. The topological polar surface area (TPSA) is 80.0 Å². The van der Waals surface area contributed by atoms with Gasteiger partial charge in [0.15, 0.2) is 0 Å².